The largest absolute Gasteiger partial charge is 0.480 e. The molecule has 0 aromatic heterocycles. The van der Waals surface area contributed by atoms with Gasteiger partial charge in [-0.1, -0.05) is 20.3 Å². The van der Waals surface area contributed by atoms with Gasteiger partial charge in [-0.2, -0.15) is 0 Å². The van der Waals surface area contributed by atoms with Crippen LogP contribution in [-0.4, -0.2) is 72.5 Å². The molecule has 3 unspecified atom stereocenters. The predicted molar refractivity (Wildman–Crippen MR) is 120 cm³/mol. The van der Waals surface area contributed by atoms with Crippen LogP contribution in [-0.2, 0) is 19.2 Å². The van der Waals surface area contributed by atoms with Gasteiger partial charge in [0.05, 0.1) is 12.6 Å². The quantitative estimate of drug-likeness (QED) is 0.0681. The third-order valence-electron chi connectivity index (χ3n) is 4.56. The van der Waals surface area contributed by atoms with E-state index in [0.717, 1.165) is 6.42 Å². The lowest BCUT2D eigenvalue weighted by molar-refractivity contribution is -0.143. The number of nitrogens with two attached hydrogens (primary N) is 4. The third kappa shape index (κ3) is 12.7. The Morgan fingerprint density at radius 1 is 0.969 bits per heavy atom. The number of rotatable bonds is 16. The number of aliphatic imine (C=N–C) groups is 1. The summed E-state index contributed by atoms with van der Waals surface area (Å²) in [6.45, 7) is 3.65. The van der Waals surface area contributed by atoms with Gasteiger partial charge in [-0.05, 0) is 38.1 Å². The Hall–Kier alpha value is -2.93. The molecule has 0 aromatic rings. The summed E-state index contributed by atoms with van der Waals surface area (Å²) in [4.78, 5) is 52.1. The van der Waals surface area contributed by atoms with Crippen molar-refractivity contribution in [3.63, 3.8) is 0 Å². The summed E-state index contributed by atoms with van der Waals surface area (Å²) >= 11 is 0. The summed E-state index contributed by atoms with van der Waals surface area (Å²) < 4.78 is 0. The number of carbonyl (C=O) groups is 4. The number of guanidine groups is 1. The number of hydrogen-bond donors (Lipinski definition) is 8. The molecule has 0 aliphatic rings. The smallest absolute Gasteiger partial charge is 0.326 e. The lowest BCUT2D eigenvalue weighted by atomic mass is 10.0. The molecule has 0 spiro atoms. The second-order valence-corrected chi connectivity index (χ2v) is 7.75. The van der Waals surface area contributed by atoms with Crippen molar-refractivity contribution in [3.8, 4) is 0 Å². The first-order chi connectivity index (χ1) is 15.0. The van der Waals surface area contributed by atoms with Crippen LogP contribution >= 0.6 is 0 Å². The fourth-order valence-electron chi connectivity index (χ4n) is 2.72. The van der Waals surface area contributed by atoms with Crippen molar-refractivity contribution in [2.75, 3.05) is 19.6 Å². The zero-order valence-corrected chi connectivity index (χ0v) is 18.8. The monoisotopic (exact) mass is 458 g/mol. The topological polar surface area (TPSA) is 241 Å². The summed E-state index contributed by atoms with van der Waals surface area (Å²) in [6, 6.07) is -2.92. The predicted octanol–water partition coefficient (Wildman–Crippen LogP) is -2.68. The first kappa shape index (κ1) is 29.1. The molecule has 32 heavy (non-hydrogen) atoms. The van der Waals surface area contributed by atoms with Crippen molar-refractivity contribution in [2.24, 2.45) is 33.8 Å². The van der Waals surface area contributed by atoms with E-state index in [9.17, 15) is 24.3 Å². The van der Waals surface area contributed by atoms with Crippen molar-refractivity contribution in [3.05, 3.63) is 0 Å². The van der Waals surface area contributed by atoms with Gasteiger partial charge in [0.25, 0.3) is 0 Å². The molecule has 0 rings (SSSR count). The molecule has 0 bridgehead atoms. The molecular formula is C19H38N8O5. The van der Waals surface area contributed by atoms with Crippen LogP contribution in [0.2, 0.25) is 0 Å². The van der Waals surface area contributed by atoms with E-state index in [2.05, 4.69) is 20.9 Å². The summed E-state index contributed by atoms with van der Waals surface area (Å²) in [5, 5.41) is 16.7. The van der Waals surface area contributed by atoms with Gasteiger partial charge in [-0.3, -0.25) is 19.4 Å². The summed E-state index contributed by atoms with van der Waals surface area (Å²) in [5.74, 6) is -3.42. The van der Waals surface area contributed by atoms with Crippen molar-refractivity contribution < 1.29 is 24.3 Å². The maximum atomic E-state index is 12.6. The van der Waals surface area contributed by atoms with Gasteiger partial charge in [0.2, 0.25) is 17.7 Å². The van der Waals surface area contributed by atoms with Crippen molar-refractivity contribution in [1.29, 1.82) is 0 Å². The van der Waals surface area contributed by atoms with Crippen LogP contribution in [0.5, 0.6) is 0 Å². The number of amides is 3. The molecule has 12 N–H and O–H groups in total. The van der Waals surface area contributed by atoms with E-state index in [1.165, 1.54) is 0 Å². The Bertz CT molecular complexity index is 652. The van der Waals surface area contributed by atoms with Crippen molar-refractivity contribution in [1.82, 2.24) is 16.0 Å². The van der Waals surface area contributed by atoms with E-state index in [1.54, 1.807) is 13.8 Å². The molecule has 0 fully saturated rings. The molecule has 13 nitrogen and oxygen atoms in total. The van der Waals surface area contributed by atoms with Gasteiger partial charge in [-0.25, -0.2) is 4.79 Å². The first-order valence-corrected chi connectivity index (χ1v) is 10.6. The lowest BCUT2D eigenvalue weighted by Gasteiger charge is -2.23. The summed E-state index contributed by atoms with van der Waals surface area (Å²) in [5.41, 5.74) is 21.7. The number of carboxylic acid groups (broad SMARTS) is 1. The Morgan fingerprint density at radius 3 is 2.16 bits per heavy atom. The first-order valence-electron chi connectivity index (χ1n) is 10.6. The summed E-state index contributed by atoms with van der Waals surface area (Å²) in [6.07, 6.45) is 2.38. The van der Waals surface area contributed by atoms with E-state index >= 15 is 0 Å². The molecule has 0 radical (unpaired) electrons. The van der Waals surface area contributed by atoms with Gasteiger partial charge < -0.3 is 44.0 Å². The van der Waals surface area contributed by atoms with E-state index in [1.807, 2.05) is 0 Å². The maximum absolute atomic E-state index is 12.6. The second-order valence-electron chi connectivity index (χ2n) is 7.75. The van der Waals surface area contributed by atoms with E-state index in [0.29, 0.717) is 25.8 Å². The molecule has 3 amide bonds. The highest BCUT2D eigenvalue weighted by Gasteiger charge is 2.28. The van der Waals surface area contributed by atoms with E-state index in [4.69, 9.17) is 22.9 Å². The lowest BCUT2D eigenvalue weighted by Crippen LogP contribution is -2.54. The number of aliphatic carboxylic acids is 1. The number of nitrogens with zero attached hydrogens (tertiary/aromatic N) is 1. The van der Waals surface area contributed by atoms with Gasteiger partial charge >= 0.3 is 5.97 Å². The Kier molecular flexibility index (Phi) is 14.4. The molecule has 0 heterocycles. The molecule has 0 saturated carbocycles. The van der Waals surface area contributed by atoms with E-state index < -0.39 is 41.8 Å². The SMILES string of the molecule is CC(C)C(NC(=O)C(CCCN=C(N)N)NC(=O)CNC(=O)C(N)CCCCN)C(=O)O. The highest BCUT2D eigenvalue weighted by Crippen LogP contribution is 2.05. The maximum Gasteiger partial charge on any atom is 0.326 e. The third-order valence-corrected chi connectivity index (χ3v) is 4.56. The van der Waals surface area contributed by atoms with Crippen molar-refractivity contribution >= 4 is 29.7 Å². The summed E-state index contributed by atoms with van der Waals surface area (Å²) in [7, 11) is 0. The normalized spacial score (nSPS) is 13.5. The highest BCUT2D eigenvalue weighted by molar-refractivity contribution is 5.92. The minimum Gasteiger partial charge on any atom is -0.480 e. The molecule has 0 aromatic carbocycles. The van der Waals surface area contributed by atoms with Crippen LogP contribution < -0.4 is 38.9 Å². The molecule has 0 aliphatic carbocycles. The van der Waals surface area contributed by atoms with Gasteiger partial charge in [0, 0.05) is 6.54 Å². The average molecular weight is 459 g/mol. The number of carbonyl (C=O) groups excluding carboxylic acids is 3. The van der Waals surface area contributed by atoms with Crippen LogP contribution in [0.4, 0.5) is 0 Å². The Labute approximate surface area is 188 Å². The van der Waals surface area contributed by atoms with Crippen LogP contribution in [0, 0.1) is 5.92 Å². The molecular weight excluding hydrogens is 420 g/mol. The fourth-order valence-corrected chi connectivity index (χ4v) is 2.72. The number of carboxylic acids is 1. The van der Waals surface area contributed by atoms with Crippen LogP contribution in [0.1, 0.15) is 46.0 Å². The fraction of sp³-hybridized carbons (Fsp3) is 0.737. The molecule has 0 saturated heterocycles. The second kappa shape index (κ2) is 15.8. The molecule has 0 aliphatic heterocycles. The minimum atomic E-state index is -1.19. The van der Waals surface area contributed by atoms with Gasteiger partial charge in [0.15, 0.2) is 5.96 Å². The number of nitrogens with one attached hydrogen (secondary N) is 3. The Balaban J connectivity index is 4.93. The zero-order valence-electron chi connectivity index (χ0n) is 18.8. The number of hydrogen-bond acceptors (Lipinski definition) is 7. The van der Waals surface area contributed by atoms with Crippen LogP contribution in [0.15, 0.2) is 4.99 Å². The van der Waals surface area contributed by atoms with Crippen LogP contribution in [0.3, 0.4) is 0 Å². The molecule has 13 heteroatoms. The zero-order chi connectivity index (χ0) is 24.7. The standard InChI is InChI=1S/C19H38N8O5/c1-11(2)15(18(31)32)27-17(30)13(7-5-9-24-19(22)23)26-14(28)10-25-16(29)12(21)6-3-4-8-20/h11-13,15H,3-10,20-21H2,1-2H3,(H,25,29)(H,26,28)(H,27,30)(H,31,32)(H4,22,23,24). The van der Waals surface area contributed by atoms with Gasteiger partial charge in [-0.15, -0.1) is 0 Å². The van der Waals surface area contributed by atoms with E-state index in [-0.39, 0.29) is 31.4 Å². The van der Waals surface area contributed by atoms with Crippen molar-refractivity contribution in [2.45, 2.75) is 64.1 Å². The average Bonchev–Trinajstić information content (AvgIpc) is 2.71. The molecule has 3 atom stereocenters. The number of unbranched alkanes of at least 4 members (excludes halogenated alkanes) is 1. The highest BCUT2D eigenvalue weighted by atomic mass is 16.4. The Morgan fingerprint density at radius 2 is 1.62 bits per heavy atom. The van der Waals surface area contributed by atoms with Gasteiger partial charge in [0.1, 0.15) is 12.1 Å². The minimum absolute atomic E-state index is 0.105. The van der Waals surface area contributed by atoms with Crippen LogP contribution in [0.25, 0.3) is 0 Å². The molecule has 184 valence electrons.